The second-order valence-corrected chi connectivity index (χ2v) is 4.02. The smallest absolute Gasteiger partial charge is 0.274 e. The van der Waals surface area contributed by atoms with Crippen molar-refractivity contribution in [3.63, 3.8) is 0 Å². The zero-order valence-corrected chi connectivity index (χ0v) is 10.6. The van der Waals surface area contributed by atoms with Crippen LogP contribution in [0.15, 0.2) is 24.3 Å². The fraction of sp³-hybridized carbons (Fsp3) is 0.462. The van der Waals surface area contributed by atoms with Gasteiger partial charge in [-0.3, -0.25) is 10.2 Å². The lowest BCUT2D eigenvalue weighted by Crippen LogP contribution is -2.42. The number of nitrogens with one attached hydrogen (secondary N) is 1. The summed E-state index contributed by atoms with van der Waals surface area (Å²) < 4.78 is 5.59. The molecule has 0 aromatic heterocycles. The van der Waals surface area contributed by atoms with Gasteiger partial charge < -0.3 is 9.84 Å². The summed E-state index contributed by atoms with van der Waals surface area (Å²) in [6.45, 7) is 2.10. The van der Waals surface area contributed by atoms with E-state index >= 15 is 0 Å². The van der Waals surface area contributed by atoms with E-state index in [1.165, 1.54) is 0 Å². The molecule has 0 aliphatic rings. The van der Waals surface area contributed by atoms with Crippen molar-refractivity contribution in [1.82, 2.24) is 5.43 Å². The Hall–Kier alpha value is -1.59. The minimum atomic E-state index is -0.566. The highest BCUT2D eigenvalue weighted by atomic mass is 16.5. The number of hydrogen-bond donors (Lipinski definition) is 3. The Balaban J connectivity index is 2.65. The second-order valence-electron chi connectivity index (χ2n) is 4.02. The number of carbonyl (C=O) groups is 1. The summed E-state index contributed by atoms with van der Waals surface area (Å²) in [5.41, 5.74) is 3.13. The highest BCUT2D eigenvalue weighted by Crippen LogP contribution is 2.16. The molecule has 1 amide bonds. The molecule has 1 atom stereocenters. The van der Waals surface area contributed by atoms with E-state index < -0.39 is 6.10 Å². The molecule has 1 unspecified atom stereocenters. The van der Waals surface area contributed by atoms with Gasteiger partial charge in [-0.15, -0.1) is 0 Å². The van der Waals surface area contributed by atoms with Gasteiger partial charge in [0.05, 0.1) is 0 Å². The number of hydrazine groups is 1. The van der Waals surface area contributed by atoms with Crippen LogP contribution in [0.4, 0.5) is 0 Å². The van der Waals surface area contributed by atoms with E-state index in [-0.39, 0.29) is 12.5 Å². The van der Waals surface area contributed by atoms with Crippen molar-refractivity contribution in [3.05, 3.63) is 29.8 Å². The SMILES string of the molecule is CCCC(Oc1ccc(CCO)cc1)C(=O)NN. The van der Waals surface area contributed by atoms with Gasteiger partial charge in [-0.05, 0) is 30.5 Å². The maximum atomic E-state index is 11.5. The first-order chi connectivity index (χ1) is 8.71. The largest absolute Gasteiger partial charge is 0.481 e. The van der Waals surface area contributed by atoms with Crippen LogP contribution in [-0.4, -0.2) is 23.7 Å². The summed E-state index contributed by atoms with van der Waals surface area (Å²) in [5, 5.41) is 8.81. The van der Waals surface area contributed by atoms with Gasteiger partial charge in [0, 0.05) is 6.61 Å². The molecule has 0 heterocycles. The average molecular weight is 252 g/mol. The van der Waals surface area contributed by atoms with Gasteiger partial charge >= 0.3 is 0 Å². The van der Waals surface area contributed by atoms with Crippen LogP contribution in [0.1, 0.15) is 25.3 Å². The number of nitrogens with two attached hydrogens (primary N) is 1. The summed E-state index contributed by atoms with van der Waals surface area (Å²) >= 11 is 0. The van der Waals surface area contributed by atoms with Gasteiger partial charge in [0.15, 0.2) is 6.10 Å². The Bertz CT molecular complexity index is 365. The summed E-state index contributed by atoms with van der Waals surface area (Å²) in [6.07, 6.45) is 1.49. The van der Waals surface area contributed by atoms with Crippen LogP contribution in [0.5, 0.6) is 5.75 Å². The van der Waals surface area contributed by atoms with Crippen molar-refractivity contribution in [2.24, 2.45) is 5.84 Å². The summed E-state index contributed by atoms with van der Waals surface area (Å²) in [7, 11) is 0. The molecule has 0 saturated heterocycles. The van der Waals surface area contributed by atoms with Gasteiger partial charge in [-0.25, -0.2) is 5.84 Å². The molecule has 0 aliphatic heterocycles. The zero-order chi connectivity index (χ0) is 13.4. The highest BCUT2D eigenvalue weighted by molar-refractivity contribution is 5.80. The summed E-state index contributed by atoms with van der Waals surface area (Å²) in [5.74, 6) is 5.41. The third-order valence-electron chi connectivity index (χ3n) is 2.59. The molecule has 0 spiro atoms. The Morgan fingerprint density at radius 2 is 2.11 bits per heavy atom. The van der Waals surface area contributed by atoms with Gasteiger partial charge in [0.1, 0.15) is 5.75 Å². The Morgan fingerprint density at radius 3 is 2.61 bits per heavy atom. The van der Waals surface area contributed by atoms with E-state index in [0.717, 1.165) is 12.0 Å². The summed E-state index contributed by atoms with van der Waals surface area (Å²) in [6, 6.07) is 7.32. The molecule has 0 bridgehead atoms. The Kier molecular flexibility index (Phi) is 6.18. The molecule has 0 aliphatic carbocycles. The van der Waals surface area contributed by atoms with E-state index in [1.807, 2.05) is 19.1 Å². The number of amides is 1. The lowest BCUT2D eigenvalue weighted by atomic mass is 10.1. The number of benzene rings is 1. The number of hydrogen-bond acceptors (Lipinski definition) is 4. The van der Waals surface area contributed by atoms with Gasteiger partial charge in [0.2, 0.25) is 0 Å². The zero-order valence-electron chi connectivity index (χ0n) is 10.6. The summed E-state index contributed by atoms with van der Waals surface area (Å²) in [4.78, 5) is 11.5. The van der Waals surface area contributed by atoms with Crippen molar-refractivity contribution in [2.45, 2.75) is 32.3 Å². The van der Waals surface area contributed by atoms with Crippen LogP contribution in [0.2, 0.25) is 0 Å². The van der Waals surface area contributed by atoms with Crippen LogP contribution < -0.4 is 16.0 Å². The number of rotatable bonds is 7. The van der Waals surface area contributed by atoms with E-state index in [4.69, 9.17) is 15.7 Å². The molecule has 5 nitrogen and oxygen atoms in total. The van der Waals surface area contributed by atoms with E-state index in [0.29, 0.717) is 18.6 Å². The fourth-order valence-corrected chi connectivity index (χ4v) is 1.63. The third-order valence-corrected chi connectivity index (χ3v) is 2.59. The lowest BCUT2D eigenvalue weighted by Gasteiger charge is -2.17. The first-order valence-corrected chi connectivity index (χ1v) is 6.08. The van der Waals surface area contributed by atoms with Crippen LogP contribution in [0.25, 0.3) is 0 Å². The molecule has 1 aromatic rings. The standard InChI is InChI=1S/C13H20N2O3/c1-2-3-12(13(17)15-14)18-11-6-4-10(5-7-11)8-9-16/h4-7,12,16H,2-3,8-9,14H2,1H3,(H,15,17). The maximum Gasteiger partial charge on any atom is 0.274 e. The monoisotopic (exact) mass is 252 g/mol. The van der Waals surface area contributed by atoms with Crippen molar-refractivity contribution >= 4 is 5.91 Å². The number of carbonyl (C=O) groups excluding carboxylic acids is 1. The first kappa shape index (κ1) is 14.5. The third kappa shape index (κ3) is 4.35. The van der Waals surface area contributed by atoms with Crippen molar-refractivity contribution < 1.29 is 14.6 Å². The molecule has 1 aromatic carbocycles. The first-order valence-electron chi connectivity index (χ1n) is 6.08. The predicted octanol–water partition coefficient (Wildman–Crippen LogP) is 0.759. The van der Waals surface area contributed by atoms with Crippen molar-refractivity contribution in [2.75, 3.05) is 6.61 Å². The van der Waals surface area contributed by atoms with Crippen molar-refractivity contribution in [1.29, 1.82) is 0 Å². The van der Waals surface area contributed by atoms with Crippen molar-refractivity contribution in [3.8, 4) is 5.75 Å². The Labute approximate surface area is 107 Å². The fourth-order valence-electron chi connectivity index (χ4n) is 1.63. The minimum absolute atomic E-state index is 0.119. The number of aliphatic hydroxyl groups excluding tert-OH is 1. The van der Waals surface area contributed by atoms with Gasteiger partial charge in [-0.1, -0.05) is 25.5 Å². The topological polar surface area (TPSA) is 84.6 Å². The van der Waals surface area contributed by atoms with Crippen LogP contribution >= 0.6 is 0 Å². The van der Waals surface area contributed by atoms with Gasteiger partial charge in [-0.2, -0.15) is 0 Å². The van der Waals surface area contributed by atoms with Crippen LogP contribution in [-0.2, 0) is 11.2 Å². The minimum Gasteiger partial charge on any atom is -0.481 e. The number of aliphatic hydroxyl groups is 1. The molecular weight excluding hydrogens is 232 g/mol. The molecule has 0 saturated carbocycles. The molecule has 18 heavy (non-hydrogen) atoms. The molecule has 100 valence electrons. The van der Waals surface area contributed by atoms with Gasteiger partial charge in [0.25, 0.3) is 5.91 Å². The highest BCUT2D eigenvalue weighted by Gasteiger charge is 2.18. The number of ether oxygens (including phenoxy) is 1. The van der Waals surface area contributed by atoms with E-state index in [9.17, 15) is 4.79 Å². The molecule has 1 rings (SSSR count). The quantitative estimate of drug-likeness (QED) is 0.380. The molecule has 0 fully saturated rings. The predicted molar refractivity (Wildman–Crippen MR) is 68.9 cm³/mol. The molecule has 4 N–H and O–H groups in total. The Morgan fingerprint density at radius 1 is 1.44 bits per heavy atom. The normalized spacial score (nSPS) is 11.9. The average Bonchev–Trinajstić information content (AvgIpc) is 2.40. The van der Waals surface area contributed by atoms with Crippen LogP contribution in [0.3, 0.4) is 0 Å². The van der Waals surface area contributed by atoms with E-state index in [1.54, 1.807) is 12.1 Å². The molecule has 5 heteroatoms. The maximum absolute atomic E-state index is 11.5. The van der Waals surface area contributed by atoms with E-state index in [2.05, 4.69) is 5.43 Å². The second kappa shape index (κ2) is 7.68. The van der Waals surface area contributed by atoms with Crippen LogP contribution in [0, 0.1) is 0 Å². The molecule has 0 radical (unpaired) electrons. The lowest BCUT2D eigenvalue weighted by molar-refractivity contribution is -0.128. The molecular formula is C13H20N2O3.